The number of rotatable bonds is 3. The number of halogens is 2. The van der Waals surface area contributed by atoms with E-state index in [2.05, 4.69) is 46.9 Å². The summed E-state index contributed by atoms with van der Waals surface area (Å²) in [6.45, 7) is 0. The van der Waals surface area contributed by atoms with Gasteiger partial charge >= 0.3 is 0 Å². The van der Waals surface area contributed by atoms with Gasteiger partial charge in [0.1, 0.15) is 5.69 Å². The number of para-hydroxylation sites is 1. The van der Waals surface area contributed by atoms with Gasteiger partial charge in [0.05, 0.1) is 16.2 Å². The number of nitrogens with one attached hydrogen (secondary N) is 3. The van der Waals surface area contributed by atoms with E-state index in [1.165, 1.54) is 0 Å². The number of tetrazole rings is 1. The number of nitrogens with zero attached hydrogens (tertiary/aromatic N) is 3. The summed E-state index contributed by atoms with van der Waals surface area (Å²) in [5.41, 5.74) is 2.35. The van der Waals surface area contributed by atoms with Crippen LogP contribution in [0.25, 0.3) is 22.3 Å². The number of hydrogen-bond acceptors (Lipinski definition) is 4. The molecule has 0 saturated heterocycles. The van der Waals surface area contributed by atoms with Crippen LogP contribution in [-0.4, -0.2) is 31.5 Å². The number of aromatic nitrogens is 5. The maximum Gasteiger partial charge on any atom is 0.272 e. The second-order valence-electron chi connectivity index (χ2n) is 5.27. The van der Waals surface area contributed by atoms with Crippen LogP contribution in [-0.2, 0) is 0 Å². The number of benzene rings is 2. The Balaban J connectivity index is 1.70. The molecule has 0 aliphatic rings. The molecule has 4 rings (SSSR count). The van der Waals surface area contributed by atoms with E-state index in [1.807, 2.05) is 24.3 Å². The van der Waals surface area contributed by atoms with Gasteiger partial charge in [-0.25, -0.2) is 0 Å². The molecule has 0 atom stereocenters. The molecule has 0 aliphatic heterocycles. The van der Waals surface area contributed by atoms with Crippen molar-refractivity contribution in [2.45, 2.75) is 0 Å². The smallest absolute Gasteiger partial charge is 0.272 e. The van der Waals surface area contributed by atoms with Crippen molar-refractivity contribution < 1.29 is 4.79 Å². The summed E-state index contributed by atoms with van der Waals surface area (Å²) >= 11 is 9.55. The van der Waals surface area contributed by atoms with Crippen LogP contribution in [0.1, 0.15) is 10.5 Å². The molecule has 4 aromatic rings. The van der Waals surface area contributed by atoms with E-state index >= 15 is 0 Å². The Hall–Kier alpha value is -2.71. The highest BCUT2D eigenvalue weighted by Crippen LogP contribution is 2.29. The van der Waals surface area contributed by atoms with Gasteiger partial charge in [0.15, 0.2) is 0 Å². The molecule has 124 valence electrons. The normalized spacial score (nSPS) is 11.0. The third kappa shape index (κ3) is 3.01. The standard InChI is InChI=1S/C16H10BrClN6O/c17-9-4-5-12(10(7-9)15-21-23-24-22-15)20-16(25)13-6-8-2-1-3-11(18)14(8)19-13/h1-7,19H,(H,20,25)(H,21,22,23,24). The van der Waals surface area contributed by atoms with Crippen LogP contribution < -0.4 is 5.32 Å². The zero-order valence-corrected chi connectivity index (χ0v) is 14.9. The van der Waals surface area contributed by atoms with E-state index in [4.69, 9.17) is 11.6 Å². The van der Waals surface area contributed by atoms with E-state index in [0.717, 1.165) is 15.4 Å². The lowest BCUT2D eigenvalue weighted by molar-refractivity contribution is 0.102. The molecule has 0 aliphatic carbocycles. The Morgan fingerprint density at radius 3 is 2.84 bits per heavy atom. The summed E-state index contributed by atoms with van der Waals surface area (Å²) in [7, 11) is 0. The maximum absolute atomic E-state index is 12.6. The number of carbonyl (C=O) groups is 1. The SMILES string of the molecule is O=C(Nc1ccc(Br)cc1-c1nn[nH]n1)c1cc2cccc(Cl)c2[nH]1. The van der Waals surface area contributed by atoms with Crippen molar-refractivity contribution in [3.8, 4) is 11.4 Å². The van der Waals surface area contributed by atoms with Crippen molar-refractivity contribution in [3.05, 3.63) is 57.7 Å². The summed E-state index contributed by atoms with van der Waals surface area (Å²) in [6, 6.07) is 12.6. The van der Waals surface area contributed by atoms with Gasteiger partial charge in [-0.1, -0.05) is 39.7 Å². The number of hydrogen-bond donors (Lipinski definition) is 3. The van der Waals surface area contributed by atoms with Gasteiger partial charge < -0.3 is 10.3 Å². The first kappa shape index (κ1) is 15.8. The number of amides is 1. The molecule has 0 radical (unpaired) electrons. The minimum atomic E-state index is -0.292. The number of anilines is 1. The van der Waals surface area contributed by atoms with E-state index in [-0.39, 0.29) is 5.91 Å². The van der Waals surface area contributed by atoms with Gasteiger partial charge in [-0.3, -0.25) is 4.79 Å². The van der Waals surface area contributed by atoms with Crippen molar-refractivity contribution in [1.29, 1.82) is 0 Å². The second-order valence-corrected chi connectivity index (χ2v) is 6.59. The monoisotopic (exact) mass is 416 g/mol. The summed E-state index contributed by atoms with van der Waals surface area (Å²) in [4.78, 5) is 15.7. The molecule has 0 unspecified atom stereocenters. The summed E-state index contributed by atoms with van der Waals surface area (Å²) < 4.78 is 0.836. The van der Waals surface area contributed by atoms with Crippen LogP contribution in [0.2, 0.25) is 5.02 Å². The Morgan fingerprint density at radius 2 is 2.08 bits per heavy atom. The highest BCUT2D eigenvalue weighted by Gasteiger charge is 2.16. The second kappa shape index (κ2) is 6.30. The molecule has 1 amide bonds. The van der Waals surface area contributed by atoms with Crippen molar-refractivity contribution in [2.24, 2.45) is 0 Å². The first-order valence-electron chi connectivity index (χ1n) is 7.24. The molecule has 3 N–H and O–H groups in total. The van der Waals surface area contributed by atoms with Crippen LogP contribution in [0, 0.1) is 0 Å². The third-order valence-corrected chi connectivity index (χ3v) is 4.47. The van der Waals surface area contributed by atoms with Gasteiger partial charge in [-0.05, 0) is 35.5 Å². The quantitative estimate of drug-likeness (QED) is 0.469. The first-order chi connectivity index (χ1) is 12.1. The summed E-state index contributed by atoms with van der Waals surface area (Å²) in [5, 5.41) is 18.2. The van der Waals surface area contributed by atoms with Gasteiger partial charge in [0.2, 0.25) is 5.82 Å². The van der Waals surface area contributed by atoms with E-state index < -0.39 is 0 Å². The Kier molecular flexibility index (Phi) is 3.98. The molecule has 7 nitrogen and oxygen atoms in total. The van der Waals surface area contributed by atoms with Crippen molar-refractivity contribution in [3.63, 3.8) is 0 Å². The number of aromatic amines is 2. The number of fused-ring (bicyclic) bond motifs is 1. The Morgan fingerprint density at radius 1 is 1.20 bits per heavy atom. The molecular weight excluding hydrogens is 408 g/mol. The van der Waals surface area contributed by atoms with Crippen LogP contribution >= 0.6 is 27.5 Å². The predicted molar refractivity (Wildman–Crippen MR) is 98.6 cm³/mol. The predicted octanol–water partition coefficient (Wildman–Crippen LogP) is 4.02. The fraction of sp³-hybridized carbons (Fsp3) is 0. The Labute approximate surface area is 154 Å². The van der Waals surface area contributed by atoms with E-state index in [0.29, 0.717) is 27.8 Å². The van der Waals surface area contributed by atoms with Crippen LogP contribution in [0.15, 0.2) is 46.9 Å². The fourth-order valence-electron chi connectivity index (χ4n) is 2.52. The molecule has 2 heterocycles. The average Bonchev–Trinajstić information content (AvgIpc) is 3.26. The lowest BCUT2D eigenvalue weighted by Crippen LogP contribution is -2.13. The maximum atomic E-state index is 12.6. The van der Waals surface area contributed by atoms with Gasteiger partial charge in [0.25, 0.3) is 5.91 Å². The highest BCUT2D eigenvalue weighted by molar-refractivity contribution is 9.10. The fourth-order valence-corrected chi connectivity index (χ4v) is 3.11. The van der Waals surface area contributed by atoms with Crippen molar-refractivity contribution >= 4 is 50.0 Å². The molecule has 0 fully saturated rings. The van der Waals surface area contributed by atoms with E-state index in [1.54, 1.807) is 18.2 Å². The molecule has 0 saturated carbocycles. The van der Waals surface area contributed by atoms with Gasteiger partial charge in [-0.2, -0.15) is 5.21 Å². The molecule has 9 heteroatoms. The number of H-pyrrole nitrogens is 2. The minimum absolute atomic E-state index is 0.292. The lowest BCUT2D eigenvalue weighted by Gasteiger charge is -2.08. The molecular formula is C16H10BrClN6O. The lowest BCUT2D eigenvalue weighted by atomic mass is 10.1. The highest BCUT2D eigenvalue weighted by atomic mass is 79.9. The molecule has 25 heavy (non-hydrogen) atoms. The van der Waals surface area contributed by atoms with Gasteiger partial charge in [0, 0.05) is 15.4 Å². The molecule has 0 bridgehead atoms. The summed E-state index contributed by atoms with van der Waals surface area (Å²) in [6.07, 6.45) is 0. The molecule has 0 spiro atoms. The van der Waals surface area contributed by atoms with Crippen LogP contribution in [0.4, 0.5) is 5.69 Å². The van der Waals surface area contributed by atoms with Crippen molar-refractivity contribution in [2.75, 3.05) is 5.32 Å². The van der Waals surface area contributed by atoms with E-state index in [9.17, 15) is 4.79 Å². The topological polar surface area (TPSA) is 99.3 Å². The molecule has 2 aromatic heterocycles. The van der Waals surface area contributed by atoms with Crippen LogP contribution in [0.3, 0.4) is 0 Å². The van der Waals surface area contributed by atoms with Crippen LogP contribution in [0.5, 0.6) is 0 Å². The van der Waals surface area contributed by atoms with Crippen molar-refractivity contribution in [1.82, 2.24) is 25.6 Å². The zero-order valence-electron chi connectivity index (χ0n) is 12.5. The average molecular weight is 418 g/mol. The zero-order chi connectivity index (χ0) is 17.4. The minimum Gasteiger partial charge on any atom is -0.349 e. The Bertz CT molecular complexity index is 1080. The first-order valence-corrected chi connectivity index (χ1v) is 8.41. The number of carbonyl (C=O) groups excluding carboxylic acids is 1. The largest absolute Gasteiger partial charge is 0.349 e. The third-order valence-electron chi connectivity index (χ3n) is 3.67. The summed E-state index contributed by atoms with van der Waals surface area (Å²) in [5.74, 6) is 0.0932. The van der Waals surface area contributed by atoms with Gasteiger partial charge in [-0.15, -0.1) is 10.2 Å². The molecule has 2 aromatic carbocycles.